The average Bonchev–Trinajstić information content (AvgIpc) is 3.21. The molecule has 2 atom stereocenters. The summed E-state index contributed by atoms with van der Waals surface area (Å²) in [6.45, 7) is 9.27. The number of ether oxygens (including phenoxy) is 1. The molecule has 1 aromatic heterocycles. The standard InChI is InChI=1S/C18H28N2OS/c1-14-2-3-16(22-14)13-20-9-5-17-18(20)4-8-19(17)12-15-6-10-21-11-7-15/h2-3,15,17-18H,4-13H2,1H3/t17-,18+/m1/s1. The molecule has 0 bridgehead atoms. The Hall–Kier alpha value is -0.420. The topological polar surface area (TPSA) is 15.7 Å². The van der Waals surface area contributed by atoms with Gasteiger partial charge in [0.1, 0.15) is 0 Å². The van der Waals surface area contributed by atoms with Crippen molar-refractivity contribution in [3.63, 3.8) is 0 Å². The first-order valence-corrected chi connectivity index (χ1v) is 9.72. The minimum atomic E-state index is 0.808. The van der Waals surface area contributed by atoms with Crippen LogP contribution in [0, 0.1) is 12.8 Å². The van der Waals surface area contributed by atoms with Crippen molar-refractivity contribution in [2.24, 2.45) is 5.92 Å². The molecule has 0 spiro atoms. The second-order valence-corrected chi connectivity index (χ2v) is 8.62. The maximum atomic E-state index is 5.51. The summed E-state index contributed by atoms with van der Waals surface area (Å²) < 4.78 is 5.51. The number of hydrogen-bond acceptors (Lipinski definition) is 4. The first-order chi connectivity index (χ1) is 10.8. The molecular formula is C18H28N2OS. The van der Waals surface area contributed by atoms with Crippen LogP contribution in [0.25, 0.3) is 0 Å². The zero-order chi connectivity index (χ0) is 14.9. The molecule has 3 aliphatic heterocycles. The van der Waals surface area contributed by atoms with Crippen molar-refractivity contribution >= 4 is 11.3 Å². The number of hydrogen-bond donors (Lipinski definition) is 0. The molecule has 3 fully saturated rings. The van der Waals surface area contributed by atoms with E-state index in [0.717, 1.165) is 31.2 Å². The van der Waals surface area contributed by atoms with E-state index in [9.17, 15) is 0 Å². The van der Waals surface area contributed by atoms with Crippen LogP contribution in [-0.2, 0) is 11.3 Å². The average molecular weight is 321 g/mol. The minimum absolute atomic E-state index is 0.808. The highest BCUT2D eigenvalue weighted by molar-refractivity contribution is 7.11. The van der Waals surface area contributed by atoms with Crippen molar-refractivity contribution in [3.05, 3.63) is 21.9 Å². The van der Waals surface area contributed by atoms with Crippen LogP contribution in [0.4, 0.5) is 0 Å². The Morgan fingerprint density at radius 3 is 2.50 bits per heavy atom. The third-order valence-corrected chi connectivity index (χ3v) is 6.78. The summed E-state index contributed by atoms with van der Waals surface area (Å²) in [6, 6.07) is 6.22. The third-order valence-electron chi connectivity index (χ3n) is 5.79. The van der Waals surface area contributed by atoms with Gasteiger partial charge in [0.25, 0.3) is 0 Å². The van der Waals surface area contributed by atoms with Gasteiger partial charge in [0.05, 0.1) is 0 Å². The van der Waals surface area contributed by atoms with Gasteiger partial charge >= 0.3 is 0 Å². The zero-order valence-electron chi connectivity index (χ0n) is 13.7. The van der Waals surface area contributed by atoms with E-state index in [-0.39, 0.29) is 0 Å². The zero-order valence-corrected chi connectivity index (χ0v) is 14.5. The highest BCUT2D eigenvalue weighted by Gasteiger charge is 2.42. The molecule has 0 saturated carbocycles. The summed E-state index contributed by atoms with van der Waals surface area (Å²) in [5.74, 6) is 0.876. The first-order valence-electron chi connectivity index (χ1n) is 8.91. The molecule has 0 aliphatic carbocycles. The summed E-state index contributed by atoms with van der Waals surface area (Å²) in [4.78, 5) is 8.54. The first kappa shape index (κ1) is 15.1. The van der Waals surface area contributed by atoms with E-state index in [4.69, 9.17) is 4.74 Å². The quantitative estimate of drug-likeness (QED) is 0.848. The van der Waals surface area contributed by atoms with Crippen molar-refractivity contribution in [2.75, 3.05) is 32.8 Å². The van der Waals surface area contributed by atoms with E-state index in [1.165, 1.54) is 56.7 Å². The predicted octanol–water partition coefficient (Wildman–Crippen LogP) is 3.13. The number of thiophene rings is 1. The largest absolute Gasteiger partial charge is 0.381 e. The fraction of sp³-hybridized carbons (Fsp3) is 0.778. The van der Waals surface area contributed by atoms with Gasteiger partial charge in [-0.25, -0.2) is 0 Å². The van der Waals surface area contributed by atoms with Crippen molar-refractivity contribution < 1.29 is 4.74 Å². The molecule has 0 amide bonds. The molecule has 0 radical (unpaired) electrons. The van der Waals surface area contributed by atoms with Crippen LogP contribution in [0.1, 0.15) is 35.4 Å². The van der Waals surface area contributed by atoms with E-state index in [1.807, 2.05) is 11.3 Å². The number of likely N-dealkylation sites (tertiary alicyclic amines) is 2. The molecule has 3 saturated heterocycles. The summed E-state index contributed by atoms with van der Waals surface area (Å²) >= 11 is 1.97. The van der Waals surface area contributed by atoms with Crippen LogP contribution in [-0.4, -0.2) is 54.7 Å². The Balaban J connectivity index is 1.34. The Morgan fingerprint density at radius 2 is 1.77 bits per heavy atom. The molecule has 4 heteroatoms. The van der Waals surface area contributed by atoms with E-state index >= 15 is 0 Å². The monoisotopic (exact) mass is 320 g/mol. The lowest BCUT2D eigenvalue weighted by molar-refractivity contribution is 0.0504. The van der Waals surface area contributed by atoms with Gasteiger partial charge in [-0.05, 0) is 50.7 Å². The molecule has 3 aliphatic rings. The smallest absolute Gasteiger partial charge is 0.0469 e. The maximum absolute atomic E-state index is 5.51. The second kappa shape index (κ2) is 6.60. The molecule has 122 valence electrons. The van der Waals surface area contributed by atoms with Gasteiger partial charge in [0.2, 0.25) is 0 Å². The van der Waals surface area contributed by atoms with Gasteiger partial charge in [0.15, 0.2) is 0 Å². The van der Waals surface area contributed by atoms with Gasteiger partial charge in [-0.3, -0.25) is 9.80 Å². The van der Waals surface area contributed by atoms with Crippen molar-refractivity contribution in [3.8, 4) is 0 Å². The normalized spacial score (nSPS) is 31.0. The highest BCUT2D eigenvalue weighted by atomic mass is 32.1. The molecule has 1 aromatic rings. The summed E-state index contributed by atoms with van der Waals surface area (Å²) in [6.07, 6.45) is 5.29. The number of rotatable bonds is 4. The van der Waals surface area contributed by atoms with Crippen molar-refractivity contribution in [1.29, 1.82) is 0 Å². The number of fused-ring (bicyclic) bond motifs is 1. The summed E-state index contributed by atoms with van der Waals surface area (Å²) in [5.41, 5.74) is 0. The molecule has 0 N–H and O–H groups in total. The highest BCUT2D eigenvalue weighted by Crippen LogP contribution is 2.34. The molecular weight excluding hydrogens is 292 g/mol. The lowest BCUT2D eigenvalue weighted by atomic mass is 9.99. The number of nitrogens with zero attached hydrogens (tertiary/aromatic N) is 2. The van der Waals surface area contributed by atoms with Crippen molar-refractivity contribution in [2.45, 2.75) is 51.2 Å². The minimum Gasteiger partial charge on any atom is -0.381 e. The molecule has 22 heavy (non-hydrogen) atoms. The Bertz CT molecular complexity index is 497. The lowest BCUT2D eigenvalue weighted by Gasteiger charge is -2.30. The fourth-order valence-corrected chi connectivity index (χ4v) is 5.53. The summed E-state index contributed by atoms with van der Waals surface area (Å²) in [5, 5.41) is 0. The van der Waals surface area contributed by atoms with Crippen LogP contribution in [0.3, 0.4) is 0 Å². The second-order valence-electron chi connectivity index (χ2n) is 7.25. The summed E-state index contributed by atoms with van der Waals surface area (Å²) in [7, 11) is 0. The van der Waals surface area contributed by atoms with Gasteiger partial charge in [-0.15, -0.1) is 11.3 Å². The van der Waals surface area contributed by atoms with Crippen molar-refractivity contribution in [1.82, 2.24) is 9.80 Å². The molecule has 4 heterocycles. The Kier molecular flexibility index (Phi) is 4.54. The van der Waals surface area contributed by atoms with Crippen LogP contribution in [0.15, 0.2) is 12.1 Å². The van der Waals surface area contributed by atoms with Crippen LogP contribution in [0.2, 0.25) is 0 Å². The van der Waals surface area contributed by atoms with Crippen LogP contribution < -0.4 is 0 Å². The van der Waals surface area contributed by atoms with Gasteiger partial charge < -0.3 is 4.74 Å². The van der Waals surface area contributed by atoms with E-state index in [0.29, 0.717) is 0 Å². The van der Waals surface area contributed by atoms with E-state index in [2.05, 4.69) is 28.9 Å². The van der Waals surface area contributed by atoms with Gasteiger partial charge in [0, 0.05) is 61.2 Å². The van der Waals surface area contributed by atoms with Crippen LogP contribution >= 0.6 is 11.3 Å². The number of aryl methyl sites for hydroxylation is 1. The predicted molar refractivity (Wildman–Crippen MR) is 91.4 cm³/mol. The molecule has 0 aromatic carbocycles. The van der Waals surface area contributed by atoms with Gasteiger partial charge in [-0.1, -0.05) is 0 Å². The van der Waals surface area contributed by atoms with E-state index < -0.39 is 0 Å². The molecule has 3 nitrogen and oxygen atoms in total. The molecule has 4 rings (SSSR count). The Labute approximate surface area is 138 Å². The van der Waals surface area contributed by atoms with E-state index in [1.54, 1.807) is 4.88 Å². The van der Waals surface area contributed by atoms with Gasteiger partial charge in [-0.2, -0.15) is 0 Å². The van der Waals surface area contributed by atoms with Crippen LogP contribution in [0.5, 0.6) is 0 Å². The third kappa shape index (κ3) is 3.12. The Morgan fingerprint density at radius 1 is 1.05 bits per heavy atom. The lowest BCUT2D eigenvalue weighted by Crippen LogP contribution is -2.39. The SMILES string of the molecule is Cc1ccc(CN2CC[C@@H]3[C@@H]2CCN3CC2CCOCC2)s1. The fourth-order valence-electron chi connectivity index (χ4n) is 4.62. The maximum Gasteiger partial charge on any atom is 0.0469 e. The molecule has 0 unspecified atom stereocenters.